The second kappa shape index (κ2) is 6.33. The summed E-state index contributed by atoms with van der Waals surface area (Å²) in [5.74, 6) is 0.231. The molecule has 0 bridgehead atoms. The summed E-state index contributed by atoms with van der Waals surface area (Å²) in [6.07, 6.45) is 0.778. The molecule has 0 spiro atoms. The van der Waals surface area contributed by atoms with Gasteiger partial charge in [-0.3, -0.25) is 4.79 Å². The van der Waals surface area contributed by atoms with E-state index in [2.05, 4.69) is 5.32 Å². The summed E-state index contributed by atoms with van der Waals surface area (Å²) in [4.78, 5) is 11.8. The maximum absolute atomic E-state index is 11.8. The zero-order valence-corrected chi connectivity index (χ0v) is 13.1. The Bertz CT molecular complexity index is 616. The molecule has 1 heterocycles. The van der Waals surface area contributed by atoms with Crippen LogP contribution in [-0.4, -0.2) is 32.4 Å². The van der Waals surface area contributed by atoms with E-state index in [1.165, 1.54) is 0 Å². The van der Waals surface area contributed by atoms with Gasteiger partial charge in [-0.05, 0) is 30.0 Å². The molecule has 0 aromatic heterocycles. The van der Waals surface area contributed by atoms with Gasteiger partial charge in [-0.1, -0.05) is 29.3 Å². The summed E-state index contributed by atoms with van der Waals surface area (Å²) in [7, 11) is -2.90. The molecule has 7 heteroatoms. The minimum absolute atomic E-state index is 0.0182. The molecule has 1 saturated heterocycles. The SMILES string of the molecule is O=C(Cc1ccc(Cl)cc1Cl)NCC1CCS(=O)(=O)C1. The van der Waals surface area contributed by atoms with Crippen LogP contribution in [0.15, 0.2) is 18.2 Å². The van der Waals surface area contributed by atoms with Crippen molar-refractivity contribution in [1.82, 2.24) is 5.32 Å². The molecule has 1 aromatic carbocycles. The number of sulfone groups is 1. The van der Waals surface area contributed by atoms with Crippen LogP contribution < -0.4 is 5.32 Å². The van der Waals surface area contributed by atoms with Gasteiger partial charge >= 0.3 is 0 Å². The number of nitrogens with one attached hydrogen (secondary N) is 1. The molecule has 1 fully saturated rings. The molecule has 1 N–H and O–H groups in total. The molecule has 110 valence electrons. The number of amides is 1. The van der Waals surface area contributed by atoms with E-state index >= 15 is 0 Å². The van der Waals surface area contributed by atoms with Crippen molar-refractivity contribution in [2.24, 2.45) is 5.92 Å². The van der Waals surface area contributed by atoms with Crippen molar-refractivity contribution in [2.45, 2.75) is 12.8 Å². The molecular weight excluding hydrogens is 321 g/mol. The third-order valence-electron chi connectivity index (χ3n) is 3.28. The largest absolute Gasteiger partial charge is 0.356 e. The lowest BCUT2D eigenvalue weighted by Gasteiger charge is -2.10. The van der Waals surface area contributed by atoms with E-state index in [-0.39, 0.29) is 29.8 Å². The van der Waals surface area contributed by atoms with Crippen LogP contribution in [0.2, 0.25) is 10.0 Å². The first-order valence-electron chi connectivity index (χ1n) is 6.27. The Kier molecular flexibility index (Phi) is 4.94. The summed E-state index contributed by atoms with van der Waals surface area (Å²) in [5.41, 5.74) is 0.701. The van der Waals surface area contributed by atoms with Crippen molar-refractivity contribution in [3.63, 3.8) is 0 Å². The zero-order valence-electron chi connectivity index (χ0n) is 10.7. The molecule has 1 atom stereocenters. The summed E-state index contributed by atoms with van der Waals surface area (Å²) in [6, 6.07) is 4.99. The van der Waals surface area contributed by atoms with Crippen LogP contribution in [0.25, 0.3) is 0 Å². The second-order valence-electron chi connectivity index (χ2n) is 4.99. The Labute approximate surface area is 128 Å². The summed E-state index contributed by atoms with van der Waals surface area (Å²) in [6.45, 7) is 0.392. The Balaban J connectivity index is 1.84. The molecule has 1 unspecified atom stereocenters. The van der Waals surface area contributed by atoms with E-state index in [0.29, 0.717) is 28.6 Å². The summed E-state index contributed by atoms with van der Waals surface area (Å²) in [5, 5.41) is 3.74. The lowest BCUT2D eigenvalue weighted by molar-refractivity contribution is -0.120. The molecular formula is C13H15Cl2NO3S. The van der Waals surface area contributed by atoms with Crippen LogP contribution in [-0.2, 0) is 21.1 Å². The molecule has 4 nitrogen and oxygen atoms in total. The van der Waals surface area contributed by atoms with Gasteiger partial charge in [0.1, 0.15) is 0 Å². The van der Waals surface area contributed by atoms with E-state index in [9.17, 15) is 13.2 Å². The Morgan fingerprint density at radius 2 is 2.10 bits per heavy atom. The van der Waals surface area contributed by atoms with E-state index in [0.717, 1.165) is 0 Å². The average Bonchev–Trinajstić information content (AvgIpc) is 2.70. The Morgan fingerprint density at radius 3 is 2.70 bits per heavy atom. The monoisotopic (exact) mass is 335 g/mol. The number of hydrogen-bond donors (Lipinski definition) is 1. The number of rotatable bonds is 4. The van der Waals surface area contributed by atoms with Gasteiger partial charge in [0.05, 0.1) is 17.9 Å². The molecule has 20 heavy (non-hydrogen) atoms. The van der Waals surface area contributed by atoms with Crippen molar-refractivity contribution < 1.29 is 13.2 Å². The fourth-order valence-electron chi connectivity index (χ4n) is 2.19. The first-order chi connectivity index (χ1) is 9.35. The van der Waals surface area contributed by atoms with Crippen LogP contribution in [0.5, 0.6) is 0 Å². The predicted molar refractivity (Wildman–Crippen MR) is 79.9 cm³/mol. The highest BCUT2D eigenvalue weighted by atomic mass is 35.5. The molecule has 1 amide bonds. The highest BCUT2D eigenvalue weighted by Crippen LogP contribution is 2.21. The van der Waals surface area contributed by atoms with Gasteiger partial charge in [-0.2, -0.15) is 0 Å². The Morgan fingerprint density at radius 1 is 1.35 bits per heavy atom. The van der Waals surface area contributed by atoms with Crippen LogP contribution >= 0.6 is 23.2 Å². The minimum atomic E-state index is -2.90. The third kappa shape index (κ3) is 4.36. The molecule has 0 aliphatic carbocycles. The van der Waals surface area contributed by atoms with E-state index in [4.69, 9.17) is 23.2 Å². The van der Waals surface area contributed by atoms with Crippen molar-refractivity contribution >= 4 is 38.9 Å². The van der Waals surface area contributed by atoms with Gasteiger partial charge in [0.25, 0.3) is 0 Å². The standard InChI is InChI=1S/C13H15Cl2NO3S/c14-11-2-1-10(12(15)6-11)5-13(17)16-7-9-3-4-20(18,19)8-9/h1-2,6,9H,3-5,7-8H2,(H,16,17). The van der Waals surface area contributed by atoms with Crippen LogP contribution in [0.4, 0.5) is 0 Å². The van der Waals surface area contributed by atoms with E-state index in [1.807, 2.05) is 0 Å². The number of hydrogen-bond acceptors (Lipinski definition) is 3. The topological polar surface area (TPSA) is 63.2 Å². The Hall–Kier alpha value is -0.780. The van der Waals surface area contributed by atoms with Crippen molar-refractivity contribution in [3.8, 4) is 0 Å². The van der Waals surface area contributed by atoms with Crippen molar-refractivity contribution in [3.05, 3.63) is 33.8 Å². The fourth-order valence-corrected chi connectivity index (χ4v) is 4.53. The van der Waals surface area contributed by atoms with Crippen LogP contribution in [0.1, 0.15) is 12.0 Å². The normalized spacial score (nSPS) is 20.8. The minimum Gasteiger partial charge on any atom is -0.356 e. The highest BCUT2D eigenvalue weighted by Gasteiger charge is 2.27. The van der Waals surface area contributed by atoms with Crippen LogP contribution in [0, 0.1) is 5.92 Å². The van der Waals surface area contributed by atoms with Gasteiger partial charge in [-0.25, -0.2) is 8.42 Å². The first kappa shape index (κ1) is 15.6. The molecule has 0 radical (unpaired) electrons. The summed E-state index contributed by atoms with van der Waals surface area (Å²) < 4.78 is 22.6. The fraction of sp³-hybridized carbons (Fsp3) is 0.462. The quantitative estimate of drug-likeness (QED) is 0.916. The third-order valence-corrected chi connectivity index (χ3v) is 5.70. The van der Waals surface area contributed by atoms with Crippen LogP contribution in [0.3, 0.4) is 0 Å². The maximum Gasteiger partial charge on any atom is 0.224 e. The molecule has 2 rings (SSSR count). The lowest BCUT2D eigenvalue weighted by atomic mass is 10.1. The lowest BCUT2D eigenvalue weighted by Crippen LogP contribution is -2.31. The predicted octanol–water partition coefficient (Wildman–Crippen LogP) is 2.09. The molecule has 1 aliphatic rings. The molecule has 1 aromatic rings. The first-order valence-corrected chi connectivity index (χ1v) is 8.84. The van der Waals surface area contributed by atoms with Crippen molar-refractivity contribution in [1.29, 1.82) is 0 Å². The molecule has 1 aliphatic heterocycles. The van der Waals surface area contributed by atoms with Crippen molar-refractivity contribution in [2.75, 3.05) is 18.1 Å². The van der Waals surface area contributed by atoms with E-state index in [1.54, 1.807) is 18.2 Å². The van der Waals surface area contributed by atoms with Gasteiger partial charge in [0.2, 0.25) is 5.91 Å². The number of benzene rings is 1. The average molecular weight is 336 g/mol. The maximum atomic E-state index is 11.8. The second-order valence-corrected chi connectivity index (χ2v) is 8.06. The number of carbonyl (C=O) groups excluding carboxylic acids is 1. The van der Waals surface area contributed by atoms with E-state index < -0.39 is 9.84 Å². The van der Waals surface area contributed by atoms with Gasteiger partial charge in [0, 0.05) is 16.6 Å². The zero-order chi connectivity index (χ0) is 14.8. The van der Waals surface area contributed by atoms with Gasteiger partial charge < -0.3 is 5.32 Å². The van der Waals surface area contributed by atoms with Gasteiger partial charge in [0.15, 0.2) is 9.84 Å². The number of carbonyl (C=O) groups is 1. The smallest absolute Gasteiger partial charge is 0.224 e. The summed E-state index contributed by atoms with van der Waals surface area (Å²) >= 11 is 11.8. The molecule has 0 saturated carbocycles. The highest BCUT2D eigenvalue weighted by molar-refractivity contribution is 7.91. The number of halogens is 2. The van der Waals surface area contributed by atoms with Gasteiger partial charge in [-0.15, -0.1) is 0 Å².